The van der Waals surface area contributed by atoms with Crippen LogP contribution in [0.5, 0.6) is 5.88 Å². The number of nitriles is 1. The molecule has 2 aromatic rings. The summed E-state index contributed by atoms with van der Waals surface area (Å²) in [5.74, 6) is 5.78. The Bertz CT molecular complexity index is 1070. The lowest BCUT2D eigenvalue weighted by molar-refractivity contribution is 0.0651. The fraction of sp³-hybridized carbons (Fsp3) is 0.375. The van der Waals surface area contributed by atoms with E-state index in [-0.39, 0.29) is 42.7 Å². The first kappa shape index (κ1) is 24.4. The smallest absolute Gasteiger partial charge is 0.246 e. The van der Waals surface area contributed by atoms with Crippen molar-refractivity contribution >= 4 is 11.6 Å². The van der Waals surface area contributed by atoms with Gasteiger partial charge in [0.15, 0.2) is 0 Å². The first-order valence-electron chi connectivity index (χ1n) is 10.7. The topological polar surface area (TPSA) is 137 Å². The Labute approximate surface area is 193 Å². The number of pyridine rings is 1. The molecule has 0 fully saturated rings. The van der Waals surface area contributed by atoms with Crippen molar-refractivity contribution in [2.75, 3.05) is 19.8 Å². The highest BCUT2D eigenvalue weighted by molar-refractivity contribution is 5.97. The van der Waals surface area contributed by atoms with Crippen molar-refractivity contribution in [3.05, 3.63) is 64.9 Å². The predicted molar refractivity (Wildman–Crippen MR) is 124 cm³/mol. The zero-order valence-corrected chi connectivity index (χ0v) is 18.9. The Balaban J connectivity index is 1.82. The average molecular weight is 452 g/mol. The molecular weight excluding hydrogens is 422 g/mol. The second kappa shape index (κ2) is 11.0. The molecule has 4 N–H and O–H groups in total. The second-order valence-corrected chi connectivity index (χ2v) is 8.06. The number of hydrogen-bond donors (Lipinski definition) is 3. The van der Waals surface area contributed by atoms with Crippen LogP contribution in [-0.2, 0) is 17.8 Å². The highest BCUT2D eigenvalue weighted by Gasteiger charge is 2.23. The van der Waals surface area contributed by atoms with Gasteiger partial charge >= 0.3 is 0 Å². The molecular formula is C24H29N5O4. The van der Waals surface area contributed by atoms with E-state index in [9.17, 15) is 15.5 Å². The van der Waals surface area contributed by atoms with Gasteiger partial charge in [-0.2, -0.15) is 11.2 Å². The average Bonchev–Trinajstić information content (AvgIpc) is 2.82. The summed E-state index contributed by atoms with van der Waals surface area (Å²) < 4.78 is 5.55. The van der Waals surface area contributed by atoms with Crippen LogP contribution in [0.1, 0.15) is 41.7 Å². The maximum absolute atomic E-state index is 9.45. The fourth-order valence-corrected chi connectivity index (χ4v) is 3.67. The van der Waals surface area contributed by atoms with Crippen LogP contribution in [0.2, 0.25) is 0 Å². The van der Waals surface area contributed by atoms with Gasteiger partial charge in [-0.1, -0.05) is 18.7 Å². The van der Waals surface area contributed by atoms with Crippen molar-refractivity contribution in [1.82, 2.24) is 9.88 Å². The molecule has 1 aliphatic heterocycles. The Morgan fingerprint density at radius 3 is 2.67 bits per heavy atom. The van der Waals surface area contributed by atoms with Crippen LogP contribution in [0.25, 0.3) is 5.70 Å². The van der Waals surface area contributed by atoms with E-state index in [0.717, 1.165) is 29.7 Å². The summed E-state index contributed by atoms with van der Waals surface area (Å²) in [6.45, 7) is 8.98. The van der Waals surface area contributed by atoms with Gasteiger partial charge in [-0.3, -0.25) is 4.90 Å². The van der Waals surface area contributed by atoms with E-state index in [1.165, 1.54) is 6.20 Å². The summed E-state index contributed by atoms with van der Waals surface area (Å²) in [5.41, 5.74) is 4.23. The third-order valence-electron chi connectivity index (χ3n) is 5.43. The van der Waals surface area contributed by atoms with Gasteiger partial charge in [-0.15, -0.1) is 0 Å². The number of ether oxygens (including phenoxy) is 1. The van der Waals surface area contributed by atoms with E-state index in [0.29, 0.717) is 17.8 Å². The number of fused-ring (bicyclic) bond motifs is 1. The minimum atomic E-state index is -0.258. The van der Waals surface area contributed by atoms with Gasteiger partial charge in [0.25, 0.3) is 0 Å². The van der Waals surface area contributed by atoms with Crippen molar-refractivity contribution < 1.29 is 19.8 Å². The zero-order chi connectivity index (χ0) is 24.0. The van der Waals surface area contributed by atoms with E-state index in [2.05, 4.69) is 27.5 Å². The van der Waals surface area contributed by atoms with Crippen molar-refractivity contribution in [2.24, 2.45) is 10.9 Å². The third kappa shape index (κ3) is 5.74. The monoisotopic (exact) mass is 451 g/mol. The molecule has 0 amide bonds. The Morgan fingerprint density at radius 1 is 1.27 bits per heavy atom. The number of aromatic nitrogens is 1. The molecule has 0 spiro atoms. The van der Waals surface area contributed by atoms with Gasteiger partial charge < -0.3 is 19.8 Å². The summed E-state index contributed by atoms with van der Waals surface area (Å²) in [4.78, 5) is 15.7. The molecule has 0 atom stereocenters. The standard InChI is InChI=1S/C24H29N5O4/c1-15(2)32-23-20(10-25)9-21(11-27-23)24(33-26)28-16(3)17-4-5-19-12-29(22(13-30)14-31)7-6-18(19)8-17/h4-5,8-9,11,15,22,30-31H,3,6-7,12-14,26H2,1-2H3/b28-24-. The van der Waals surface area contributed by atoms with Crippen molar-refractivity contribution in [1.29, 1.82) is 5.26 Å². The van der Waals surface area contributed by atoms with Crippen LogP contribution in [-0.4, -0.2) is 57.9 Å². The van der Waals surface area contributed by atoms with E-state index in [1.807, 2.05) is 32.0 Å². The van der Waals surface area contributed by atoms with E-state index in [4.69, 9.17) is 15.5 Å². The summed E-state index contributed by atoms with van der Waals surface area (Å²) in [6, 6.07) is 9.30. The van der Waals surface area contributed by atoms with Crippen LogP contribution in [0.15, 0.2) is 42.0 Å². The van der Waals surface area contributed by atoms with Gasteiger partial charge in [0.2, 0.25) is 11.8 Å². The molecule has 33 heavy (non-hydrogen) atoms. The molecule has 1 aromatic carbocycles. The maximum Gasteiger partial charge on any atom is 0.246 e. The number of nitrogens with two attached hydrogens (primary N) is 1. The summed E-state index contributed by atoms with van der Waals surface area (Å²) >= 11 is 0. The first-order valence-corrected chi connectivity index (χ1v) is 10.7. The molecule has 0 saturated carbocycles. The quantitative estimate of drug-likeness (QED) is 0.314. The summed E-state index contributed by atoms with van der Waals surface area (Å²) in [7, 11) is 0. The summed E-state index contributed by atoms with van der Waals surface area (Å²) in [5, 5.41) is 28.3. The minimum absolute atomic E-state index is 0.0791. The van der Waals surface area contributed by atoms with Crippen molar-refractivity contribution in [2.45, 2.75) is 39.0 Å². The van der Waals surface area contributed by atoms with Crippen molar-refractivity contribution in [3.8, 4) is 11.9 Å². The number of aliphatic hydroxyl groups is 2. The molecule has 0 unspecified atom stereocenters. The fourth-order valence-electron chi connectivity index (χ4n) is 3.67. The number of benzene rings is 1. The second-order valence-electron chi connectivity index (χ2n) is 8.06. The number of aliphatic imine (C=N–C) groups is 1. The van der Waals surface area contributed by atoms with E-state index < -0.39 is 0 Å². The van der Waals surface area contributed by atoms with E-state index in [1.54, 1.807) is 6.07 Å². The molecule has 0 saturated heterocycles. The lowest BCUT2D eigenvalue weighted by Crippen LogP contribution is -2.43. The molecule has 1 aromatic heterocycles. The van der Waals surface area contributed by atoms with Crippen LogP contribution in [0.4, 0.5) is 0 Å². The normalized spacial score (nSPS) is 14.2. The minimum Gasteiger partial charge on any atom is -0.474 e. The lowest BCUT2D eigenvalue weighted by Gasteiger charge is -2.33. The molecule has 9 nitrogen and oxygen atoms in total. The maximum atomic E-state index is 9.45. The van der Waals surface area contributed by atoms with Gasteiger partial charge in [0.1, 0.15) is 11.6 Å². The molecule has 1 aliphatic rings. The molecule has 0 aliphatic carbocycles. The molecule has 2 heterocycles. The third-order valence-corrected chi connectivity index (χ3v) is 5.43. The Kier molecular flexibility index (Phi) is 8.14. The molecule has 174 valence electrons. The highest BCUT2D eigenvalue weighted by Crippen LogP contribution is 2.26. The van der Waals surface area contributed by atoms with Crippen LogP contribution >= 0.6 is 0 Å². The SMILES string of the molecule is C=C(/N=C(\ON)c1cnc(OC(C)C)c(C#N)c1)c1ccc2c(c1)CCN(C(CO)CO)C2. The first-order chi connectivity index (χ1) is 15.9. The van der Waals surface area contributed by atoms with Gasteiger partial charge in [-0.25, -0.2) is 9.98 Å². The molecule has 3 rings (SSSR count). The Hall–Kier alpha value is -3.29. The van der Waals surface area contributed by atoms with Gasteiger partial charge in [0.05, 0.1) is 36.6 Å². The van der Waals surface area contributed by atoms with Crippen LogP contribution < -0.4 is 10.6 Å². The molecule has 0 bridgehead atoms. The molecule has 9 heteroatoms. The number of hydrogen-bond acceptors (Lipinski definition) is 9. The zero-order valence-electron chi connectivity index (χ0n) is 18.9. The number of aliphatic hydroxyl groups excluding tert-OH is 2. The van der Waals surface area contributed by atoms with Crippen LogP contribution in [0.3, 0.4) is 0 Å². The van der Waals surface area contributed by atoms with Gasteiger partial charge in [0, 0.05) is 19.3 Å². The van der Waals surface area contributed by atoms with Crippen molar-refractivity contribution in [3.63, 3.8) is 0 Å². The van der Waals surface area contributed by atoms with Gasteiger partial charge in [-0.05, 0) is 49.1 Å². The number of nitrogens with zero attached hydrogens (tertiary/aromatic N) is 4. The lowest BCUT2D eigenvalue weighted by atomic mass is 9.95. The van der Waals surface area contributed by atoms with Crippen LogP contribution in [0, 0.1) is 11.3 Å². The predicted octanol–water partition coefficient (Wildman–Crippen LogP) is 1.76. The Morgan fingerprint density at radius 2 is 2.03 bits per heavy atom. The summed E-state index contributed by atoms with van der Waals surface area (Å²) in [6.07, 6.45) is 2.14. The largest absolute Gasteiger partial charge is 0.474 e. The molecule has 0 radical (unpaired) electrons. The van der Waals surface area contributed by atoms with E-state index >= 15 is 0 Å². The number of rotatable bonds is 8. The highest BCUT2D eigenvalue weighted by atomic mass is 16.6.